The van der Waals surface area contributed by atoms with E-state index in [1.807, 2.05) is 24.3 Å². The summed E-state index contributed by atoms with van der Waals surface area (Å²) in [6, 6.07) is 7.97. The Morgan fingerprint density at radius 3 is 2.89 bits per heavy atom. The molecule has 0 aliphatic rings. The zero-order valence-corrected chi connectivity index (χ0v) is 10.8. The van der Waals surface area contributed by atoms with Gasteiger partial charge in [0.2, 0.25) is 0 Å². The maximum Gasteiger partial charge on any atom is 0.133 e. The van der Waals surface area contributed by atoms with Gasteiger partial charge in [0, 0.05) is 31.8 Å². The number of nitrogens with zero attached hydrogens (tertiary/aromatic N) is 1. The van der Waals surface area contributed by atoms with Crippen molar-refractivity contribution in [1.82, 2.24) is 4.98 Å². The Hall–Kier alpha value is -1.81. The van der Waals surface area contributed by atoms with Crippen LogP contribution in [0.15, 0.2) is 30.5 Å². The first-order chi connectivity index (χ1) is 8.85. The van der Waals surface area contributed by atoms with Crippen LogP contribution in [0, 0.1) is 0 Å². The zero-order valence-electron chi connectivity index (χ0n) is 10.8. The largest absolute Gasteiger partial charge is 0.497 e. The van der Waals surface area contributed by atoms with Crippen molar-refractivity contribution in [3.8, 4) is 5.75 Å². The summed E-state index contributed by atoms with van der Waals surface area (Å²) in [4.78, 5) is 4.37. The summed E-state index contributed by atoms with van der Waals surface area (Å²) in [6.45, 7) is 1.61. The lowest BCUT2D eigenvalue weighted by atomic mass is 10.1. The molecule has 0 aliphatic carbocycles. The van der Waals surface area contributed by atoms with Crippen LogP contribution in [0.25, 0.3) is 10.8 Å². The normalized spacial score (nSPS) is 10.6. The first-order valence-electron chi connectivity index (χ1n) is 6.00. The van der Waals surface area contributed by atoms with Gasteiger partial charge < -0.3 is 14.8 Å². The molecule has 0 unspecified atom stereocenters. The molecule has 0 saturated heterocycles. The van der Waals surface area contributed by atoms with E-state index in [-0.39, 0.29) is 0 Å². The van der Waals surface area contributed by atoms with Crippen LogP contribution in [0.3, 0.4) is 0 Å². The number of nitrogens with one attached hydrogen (secondary N) is 1. The van der Waals surface area contributed by atoms with Gasteiger partial charge in [0.15, 0.2) is 0 Å². The average Bonchev–Trinajstić information content (AvgIpc) is 2.43. The second-order valence-corrected chi connectivity index (χ2v) is 4.02. The number of pyridine rings is 1. The van der Waals surface area contributed by atoms with Crippen molar-refractivity contribution >= 4 is 16.6 Å². The van der Waals surface area contributed by atoms with Gasteiger partial charge in [-0.05, 0) is 36.1 Å². The van der Waals surface area contributed by atoms with E-state index >= 15 is 0 Å². The fourth-order valence-corrected chi connectivity index (χ4v) is 1.85. The number of fused-ring (bicyclic) bond motifs is 1. The summed E-state index contributed by atoms with van der Waals surface area (Å²) < 4.78 is 10.2. The average molecular weight is 246 g/mol. The number of rotatable bonds is 6. The van der Waals surface area contributed by atoms with Crippen molar-refractivity contribution in [2.24, 2.45) is 0 Å². The Labute approximate surface area is 107 Å². The number of hydrogen-bond donors (Lipinski definition) is 1. The van der Waals surface area contributed by atoms with Gasteiger partial charge in [-0.1, -0.05) is 0 Å². The molecule has 0 spiro atoms. The smallest absolute Gasteiger partial charge is 0.133 e. The van der Waals surface area contributed by atoms with Crippen molar-refractivity contribution in [2.75, 3.05) is 32.7 Å². The van der Waals surface area contributed by atoms with E-state index in [2.05, 4.69) is 10.3 Å². The summed E-state index contributed by atoms with van der Waals surface area (Å²) in [7, 11) is 3.38. The van der Waals surface area contributed by atoms with Gasteiger partial charge in [-0.15, -0.1) is 0 Å². The SMILES string of the molecule is COCCCNc1nccc2cc(OC)ccc12. The minimum atomic E-state index is 0.756. The highest BCUT2D eigenvalue weighted by Crippen LogP contribution is 2.25. The number of anilines is 1. The quantitative estimate of drug-likeness (QED) is 0.796. The first kappa shape index (κ1) is 12.6. The molecule has 4 nitrogen and oxygen atoms in total. The fourth-order valence-electron chi connectivity index (χ4n) is 1.85. The molecular weight excluding hydrogens is 228 g/mol. The van der Waals surface area contributed by atoms with Crippen LogP contribution < -0.4 is 10.1 Å². The lowest BCUT2D eigenvalue weighted by Crippen LogP contribution is -2.06. The van der Waals surface area contributed by atoms with Crippen molar-refractivity contribution in [3.05, 3.63) is 30.5 Å². The Balaban J connectivity index is 2.17. The molecule has 1 heterocycles. The number of benzene rings is 1. The summed E-state index contributed by atoms with van der Waals surface area (Å²) in [6.07, 6.45) is 2.77. The molecule has 0 amide bonds. The molecule has 0 saturated carbocycles. The number of ether oxygens (including phenoxy) is 2. The van der Waals surface area contributed by atoms with Crippen LogP contribution in [0.2, 0.25) is 0 Å². The molecule has 2 rings (SSSR count). The van der Waals surface area contributed by atoms with E-state index in [0.717, 1.165) is 41.9 Å². The molecule has 1 N–H and O–H groups in total. The summed E-state index contributed by atoms with van der Waals surface area (Å²) >= 11 is 0. The molecule has 4 heteroatoms. The highest BCUT2D eigenvalue weighted by atomic mass is 16.5. The van der Waals surface area contributed by atoms with Gasteiger partial charge in [-0.2, -0.15) is 0 Å². The lowest BCUT2D eigenvalue weighted by Gasteiger charge is -2.09. The van der Waals surface area contributed by atoms with Crippen molar-refractivity contribution in [1.29, 1.82) is 0 Å². The monoisotopic (exact) mass is 246 g/mol. The van der Waals surface area contributed by atoms with Crippen LogP contribution in [-0.4, -0.2) is 32.4 Å². The second kappa shape index (κ2) is 6.21. The van der Waals surface area contributed by atoms with E-state index in [4.69, 9.17) is 9.47 Å². The minimum absolute atomic E-state index is 0.756. The second-order valence-electron chi connectivity index (χ2n) is 4.02. The number of aromatic nitrogens is 1. The molecule has 18 heavy (non-hydrogen) atoms. The molecular formula is C14H18N2O2. The van der Waals surface area contributed by atoms with Crippen molar-refractivity contribution in [3.63, 3.8) is 0 Å². The molecule has 96 valence electrons. The van der Waals surface area contributed by atoms with Gasteiger partial charge in [-0.3, -0.25) is 0 Å². The van der Waals surface area contributed by atoms with Gasteiger partial charge in [-0.25, -0.2) is 4.98 Å². The fraction of sp³-hybridized carbons (Fsp3) is 0.357. The molecule has 0 bridgehead atoms. The summed E-state index contributed by atoms with van der Waals surface area (Å²) in [5, 5.41) is 5.56. The van der Waals surface area contributed by atoms with E-state index in [1.165, 1.54) is 0 Å². The highest BCUT2D eigenvalue weighted by molar-refractivity contribution is 5.92. The van der Waals surface area contributed by atoms with Crippen molar-refractivity contribution in [2.45, 2.75) is 6.42 Å². The molecule has 1 aromatic carbocycles. The van der Waals surface area contributed by atoms with Crippen LogP contribution in [0.5, 0.6) is 5.75 Å². The molecule has 0 radical (unpaired) electrons. The summed E-state index contributed by atoms with van der Waals surface area (Å²) in [5.74, 6) is 1.77. The zero-order chi connectivity index (χ0) is 12.8. The van der Waals surface area contributed by atoms with Gasteiger partial charge in [0.1, 0.15) is 11.6 Å². The van der Waals surface area contributed by atoms with E-state index < -0.39 is 0 Å². The van der Waals surface area contributed by atoms with E-state index in [1.54, 1.807) is 20.4 Å². The minimum Gasteiger partial charge on any atom is -0.497 e. The third kappa shape index (κ3) is 2.90. The highest BCUT2D eigenvalue weighted by Gasteiger charge is 2.02. The lowest BCUT2D eigenvalue weighted by molar-refractivity contribution is 0.198. The Bertz CT molecular complexity index is 514. The third-order valence-corrected chi connectivity index (χ3v) is 2.79. The maximum atomic E-state index is 5.22. The molecule has 1 aromatic heterocycles. The predicted octanol–water partition coefficient (Wildman–Crippen LogP) is 2.69. The van der Waals surface area contributed by atoms with Crippen LogP contribution in [-0.2, 0) is 4.74 Å². The maximum absolute atomic E-state index is 5.22. The van der Waals surface area contributed by atoms with Crippen LogP contribution >= 0.6 is 0 Å². The van der Waals surface area contributed by atoms with E-state index in [0.29, 0.717) is 0 Å². The molecule has 2 aromatic rings. The third-order valence-electron chi connectivity index (χ3n) is 2.79. The Kier molecular flexibility index (Phi) is 4.36. The van der Waals surface area contributed by atoms with Crippen LogP contribution in [0.1, 0.15) is 6.42 Å². The first-order valence-corrected chi connectivity index (χ1v) is 6.00. The Morgan fingerprint density at radius 1 is 1.22 bits per heavy atom. The number of methoxy groups -OCH3 is 2. The van der Waals surface area contributed by atoms with Crippen molar-refractivity contribution < 1.29 is 9.47 Å². The van der Waals surface area contributed by atoms with Crippen LogP contribution in [0.4, 0.5) is 5.82 Å². The van der Waals surface area contributed by atoms with Gasteiger partial charge >= 0.3 is 0 Å². The Morgan fingerprint density at radius 2 is 2.11 bits per heavy atom. The molecule has 0 atom stereocenters. The number of hydrogen-bond acceptors (Lipinski definition) is 4. The molecule has 0 fully saturated rings. The topological polar surface area (TPSA) is 43.4 Å². The van der Waals surface area contributed by atoms with E-state index in [9.17, 15) is 0 Å². The van der Waals surface area contributed by atoms with Gasteiger partial charge in [0.25, 0.3) is 0 Å². The van der Waals surface area contributed by atoms with Gasteiger partial charge in [0.05, 0.1) is 7.11 Å². The molecule has 0 aliphatic heterocycles. The predicted molar refractivity (Wildman–Crippen MR) is 73.3 cm³/mol. The standard InChI is InChI=1S/C14H18N2O2/c1-17-9-3-7-15-14-13-5-4-12(18-2)10-11(13)6-8-16-14/h4-6,8,10H,3,7,9H2,1-2H3,(H,15,16). The summed E-state index contributed by atoms with van der Waals surface area (Å²) in [5.41, 5.74) is 0.